The van der Waals surface area contributed by atoms with Gasteiger partial charge >= 0.3 is 0 Å². The molecule has 0 aromatic heterocycles. The third-order valence-electron chi connectivity index (χ3n) is 1.92. The molecule has 0 saturated heterocycles. The van der Waals surface area contributed by atoms with Crippen LogP contribution in [0.25, 0.3) is 22.2 Å². The smallest absolute Gasteiger partial charge is 0 e. The molecule has 72 valence electrons. The monoisotopic (exact) mass is 356 g/mol. The van der Waals surface area contributed by atoms with Crippen LogP contribution in [0.5, 0.6) is 0 Å². The molecule has 0 unspecified atom stereocenters. The van der Waals surface area contributed by atoms with Gasteiger partial charge < -0.3 is 11.5 Å². The topological polar surface area (TPSA) is 47.6 Å². The second kappa shape index (κ2) is 9.65. The summed E-state index contributed by atoms with van der Waals surface area (Å²) < 4.78 is 0. The first-order valence-corrected chi connectivity index (χ1v) is 3.74. The van der Waals surface area contributed by atoms with E-state index in [1.54, 1.807) is 12.1 Å². The second-order valence-corrected chi connectivity index (χ2v) is 2.71. The van der Waals surface area contributed by atoms with Gasteiger partial charge in [0, 0.05) is 82.2 Å². The summed E-state index contributed by atoms with van der Waals surface area (Å²) in [5, 5.41) is 1.70. The summed E-state index contributed by atoms with van der Waals surface area (Å²) in [5.74, 6) is 0. The van der Waals surface area contributed by atoms with Crippen LogP contribution in [0.3, 0.4) is 0 Å². The van der Waals surface area contributed by atoms with Crippen molar-refractivity contribution in [3.8, 4) is 0 Å². The van der Waals surface area contributed by atoms with Crippen molar-refractivity contribution in [2.75, 3.05) is 0 Å². The fraction of sp³-hybridized carbons (Fsp3) is 0. The molecule has 2 aromatic carbocycles. The third-order valence-corrected chi connectivity index (χ3v) is 1.92. The Hall–Kier alpha value is 0.638. The molecule has 2 aromatic rings. The number of hydrogen-bond donors (Lipinski definition) is 0. The van der Waals surface area contributed by atoms with Crippen LogP contribution in [0.4, 0.5) is 11.4 Å². The van der Waals surface area contributed by atoms with Gasteiger partial charge in [0.15, 0.2) is 0 Å². The van der Waals surface area contributed by atoms with Crippen molar-refractivity contribution in [3.63, 3.8) is 0 Å². The van der Waals surface area contributed by atoms with E-state index in [0.717, 1.165) is 10.8 Å². The minimum atomic E-state index is 0. The van der Waals surface area contributed by atoms with Crippen molar-refractivity contribution in [2.24, 2.45) is 0 Å². The van der Waals surface area contributed by atoms with Crippen molar-refractivity contribution in [1.82, 2.24) is 0 Å². The fourth-order valence-corrected chi connectivity index (χ4v) is 1.31. The molecule has 2 nitrogen and oxygen atoms in total. The molecule has 0 atom stereocenters. The van der Waals surface area contributed by atoms with Gasteiger partial charge in [-0.05, 0) is 10.8 Å². The van der Waals surface area contributed by atoms with E-state index in [1.165, 1.54) is 0 Å². The molecular weight excluding hydrogens is 348 g/mol. The van der Waals surface area contributed by atoms with E-state index in [4.69, 9.17) is 11.5 Å². The zero-order chi connectivity index (χ0) is 8.55. The summed E-state index contributed by atoms with van der Waals surface area (Å²) in [4.78, 5) is 0. The standard InChI is InChI=1S/C10H8N2.2B.2Y/c11-9-5-1-3-7-8(9)4-2-6-10(7)12;;;;/h1-6,11-12H;;;;/q-2;;;;. The molecule has 0 aliphatic carbocycles. The summed E-state index contributed by atoms with van der Waals surface area (Å²) in [7, 11) is 0. The van der Waals surface area contributed by atoms with Gasteiger partial charge in [-0.25, -0.2) is 0 Å². The average molecular weight is 356 g/mol. The van der Waals surface area contributed by atoms with Crippen LogP contribution in [0, 0.1) is 0 Å². The Bertz CT molecular complexity index is 397. The molecule has 0 aliphatic rings. The zero-order valence-electron chi connectivity index (χ0n) is 8.77. The number of fused-ring (bicyclic) bond motifs is 1. The van der Waals surface area contributed by atoms with Crippen LogP contribution in [-0.4, -0.2) is 16.8 Å². The number of hydrogen-bond acceptors (Lipinski definition) is 0. The van der Waals surface area contributed by atoms with E-state index in [1.807, 2.05) is 24.3 Å². The van der Waals surface area contributed by atoms with Gasteiger partial charge in [-0.2, -0.15) is 0 Å². The van der Waals surface area contributed by atoms with Crippen molar-refractivity contribution in [3.05, 3.63) is 47.9 Å². The molecule has 0 spiro atoms. The van der Waals surface area contributed by atoms with Gasteiger partial charge in [0.25, 0.3) is 0 Å². The van der Waals surface area contributed by atoms with Crippen molar-refractivity contribution in [1.29, 1.82) is 0 Å². The van der Waals surface area contributed by atoms with Crippen LogP contribution in [0.2, 0.25) is 0 Å². The van der Waals surface area contributed by atoms with Crippen molar-refractivity contribution >= 4 is 39.0 Å². The van der Waals surface area contributed by atoms with Crippen LogP contribution >= 0.6 is 0 Å². The molecule has 2 N–H and O–H groups in total. The Morgan fingerprint density at radius 1 is 0.625 bits per heavy atom. The maximum Gasteiger partial charge on any atom is 0 e. The summed E-state index contributed by atoms with van der Waals surface area (Å²) in [6.07, 6.45) is 0. The minimum Gasteiger partial charge on any atom is -0.698 e. The Balaban J connectivity index is -0.000000422. The number of rotatable bonds is 0. The molecule has 0 aliphatic heterocycles. The maximum absolute atomic E-state index is 7.58. The Labute approximate surface area is 150 Å². The third kappa shape index (κ3) is 4.48. The summed E-state index contributed by atoms with van der Waals surface area (Å²) >= 11 is 0. The Morgan fingerprint density at radius 2 is 0.938 bits per heavy atom. The molecule has 16 heavy (non-hydrogen) atoms. The van der Waals surface area contributed by atoms with Crippen LogP contribution in [-0.2, 0) is 65.4 Å². The number of benzene rings is 2. The summed E-state index contributed by atoms with van der Waals surface area (Å²) in [6.45, 7) is 0. The van der Waals surface area contributed by atoms with Gasteiger partial charge in [-0.1, -0.05) is 36.4 Å². The first kappa shape index (κ1) is 21.9. The average Bonchev–Trinajstić information content (AvgIpc) is 2.07. The first-order chi connectivity index (χ1) is 5.79. The van der Waals surface area contributed by atoms with Gasteiger partial charge in [0.1, 0.15) is 0 Å². The predicted octanol–water partition coefficient (Wildman–Crippen LogP) is 3.44. The molecule has 0 bridgehead atoms. The summed E-state index contributed by atoms with van der Waals surface area (Å²) in [6, 6.07) is 10.8. The normalized spacial score (nSPS) is 7.75. The van der Waals surface area contributed by atoms with Crippen LogP contribution in [0.15, 0.2) is 36.4 Å². The van der Waals surface area contributed by atoms with E-state index in [0.29, 0.717) is 11.4 Å². The van der Waals surface area contributed by atoms with E-state index in [-0.39, 0.29) is 82.2 Å². The largest absolute Gasteiger partial charge is 0.698 e. The second-order valence-electron chi connectivity index (χ2n) is 2.71. The molecular formula is C10H8B2N2Y2-2. The molecule has 0 fully saturated rings. The van der Waals surface area contributed by atoms with Gasteiger partial charge in [0.2, 0.25) is 0 Å². The van der Waals surface area contributed by atoms with Gasteiger partial charge in [-0.3, -0.25) is 0 Å². The van der Waals surface area contributed by atoms with Crippen LogP contribution in [0.1, 0.15) is 0 Å². The minimum absolute atomic E-state index is 0. The first-order valence-electron chi connectivity index (χ1n) is 3.74. The Kier molecular flexibility index (Phi) is 13.2. The molecule has 8 radical (unpaired) electrons. The maximum atomic E-state index is 7.58. The molecule has 0 heterocycles. The zero-order valence-corrected chi connectivity index (χ0v) is 14.5. The van der Waals surface area contributed by atoms with Crippen molar-refractivity contribution < 1.29 is 65.4 Å². The SMILES string of the molecule is [B].[B].[NH-]c1cccc2c([NH-])cccc12.[Y].[Y]. The van der Waals surface area contributed by atoms with E-state index < -0.39 is 0 Å². The molecule has 6 heteroatoms. The number of nitrogens with one attached hydrogen (secondary N) is 2. The quantitative estimate of drug-likeness (QED) is 0.650. The Morgan fingerprint density at radius 3 is 1.25 bits per heavy atom. The molecule has 0 saturated carbocycles. The molecule has 0 amide bonds. The summed E-state index contributed by atoms with van der Waals surface area (Å²) in [5.41, 5.74) is 16.1. The van der Waals surface area contributed by atoms with E-state index >= 15 is 0 Å². The fourth-order valence-electron chi connectivity index (χ4n) is 1.31. The van der Waals surface area contributed by atoms with Gasteiger partial charge in [0.05, 0.1) is 0 Å². The van der Waals surface area contributed by atoms with Crippen LogP contribution < -0.4 is 0 Å². The van der Waals surface area contributed by atoms with Gasteiger partial charge in [-0.15, -0.1) is 11.4 Å². The molecule has 2 rings (SSSR count). The van der Waals surface area contributed by atoms with E-state index in [9.17, 15) is 0 Å². The predicted molar refractivity (Wildman–Crippen MR) is 63.4 cm³/mol. The van der Waals surface area contributed by atoms with E-state index in [2.05, 4.69) is 0 Å². The van der Waals surface area contributed by atoms with Crippen molar-refractivity contribution in [2.45, 2.75) is 0 Å².